The number of rotatable bonds is 7. The average Bonchev–Trinajstić information content (AvgIpc) is 2.92. The van der Waals surface area contributed by atoms with Gasteiger partial charge < -0.3 is 10.6 Å². The number of nitrogens with zero attached hydrogens (tertiary/aromatic N) is 1. The summed E-state index contributed by atoms with van der Waals surface area (Å²) >= 11 is 1.87. The van der Waals surface area contributed by atoms with Gasteiger partial charge in [0, 0.05) is 37.0 Å². The van der Waals surface area contributed by atoms with Gasteiger partial charge in [-0.2, -0.15) is 0 Å². The topological polar surface area (TPSA) is 44.4 Å². The van der Waals surface area contributed by atoms with Crippen LogP contribution in [0.3, 0.4) is 0 Å². The summed E-state index contributed by atoms with van der Waals surface area (Å²) in [6.07, 6.45) is 2.66. The number of fused-ring (bicyclic) bond motifs is 1. The van der Waals surface area contributed by atoms with Crippen LogP contribution < -0.4 is 10.6 Å². The number of amides is 1. The van der Waals surface area contributed by atoms with Crippen LogP contribution in [0.1, 0.15) is 30.2 Å². The average molecular weight is 368 g/mol. The molecular weight excluding hydrogens is 341 g/mol. The number of halogens is 2. The lowest BCUT2D eigenvalue weighted by Crippen LogP contribution is -2.44. The molecule has 2 heterocycles. The lowest BCUT2D eigenvalue weighted by atomic mass is 10.1. The summed E-state index contributed by atoms with van der Waals surface area (Å²) in [5.74, 6) is 0.167. The summed E-state index contributed by atoms with van der Waals surface area (Å²) in [7, 11) is 1.91. The molecule has 1 aromatic heterocycles. The number of carbonyl (C=O) groups excluding carboxylic acids is 1. The SMILES string of the molecule is CNCCCC(=O)NCC(C)N1CCc2sccc2C1.Cl.Cl. The number of carbonyl (C=O) groups is 1. The van der Waals surface area contributed by atoms with Gasteiger partial charge in [0.25, 0.3) is 0 Å². The third kappa shape index (κ3) is 6.42. The van der Waals surface area contributed by atoms with E-state index in [-0.39, 0.29) is 30.7 Å². The van der Waals surface area contributed by atoms with E-state index >= 15 is 0 Å². The maximum Gasteiger partial charge on any atom is 0.220 e. The van der Waals surface area contributed by atoms with Crippen molar-refractivity contribution in [2.24, 2.45) is 0 Å². The van der Waals surface area contributed by atoms with Gasteiger partial charge in [-0.05, 0) is 50.4 Å². The molecule has 4 nitrogen and oxygen atoms in total. The molecule has 1 unspecified atom stereocenters. The highest BCUT2D eigenvalue weighted by atomic mass is 35.5. The highest BCUT2D eigenvalue weighted by Gasteiger charge is 2.21. The summed E-state index contributed by atoms with van der Waals surface area (Å²) in [5.41, 5.74) is 1.47. The minimum atomic E-state index is 0. The molecule has 0 saturated heterocycles. The molecule has 7 heteroatoms. The first-order valence-corrected chi connectivity index (χ1v) is 8.29. The Morgan fingerprint density at radius 1 is 1.45 bits per heavy atom. The molecule has 0 spiro atoms. The fourth-order valence-corrected chi connectivity index (χ4v) is 3.44. The summed E-state index contributed by atoms with van der Waals surface area (Å²) in [6.45, 7) is 5.97. The second kappa shape index (κ2) is 11.2. The molecular formula is C15H27Cl2N3OS. The Balaban J connectivity index is 0.00000220. The van der Waals surface area contributed by atoms with Crippen LogP contribution in [0, 0.1) is 0 Å². The van der Waals surface area contributed by atoms with Crippen molar-refractivity contribution >= 4 is 42.1 Å². The Morgan fingerprint density at radius 2 is 2.23 bits per heavy atom. The number of hydrogen-bond acceptors (Lipinski definition) is 4. The molecule has 0 fully saturated rings. The molecule has 0 radical (unpaired) electrons. The predicted molar refractivity (Wildman–Crippen MR) is 98.6 cm³/mol. The molecule has 2 N–H and O–H groups in total. The van der Waals surface area contributed by atoms with Crippen LogP contribution in [0.25, 0.3) is 0 Å². The van der Waals surface area contributed by atoms with Gasteiger partial charge in [0.2, 0.25) is 5.91 Å². The van der Waals surface area contributed by atoms with Gasteiger partial charge in [-0.1, -0.05) is 0 Å². The van der Waals surface area contributed by atoms with E-state index in [1.807, 2.05) is 18.4 Å². The minimum Gasteiger partial charge on any atom is -0.355 e. The third-order valence-corrected chi connectivity index (χ3v) is 4.91. The summed E-state index contributed by atoms with van der Waals surface area (Å²) in [5, 5.41) is 8.29. The number of nitrogens with one attached hydrogen (secondary N) is 2. The standard InChI is InChI=1S/C15H25N3OS.2ClH/c1-12(10-17-15(19)4-3-7-16-2)18-8-5-14-13(11-18)6-9-20-14;;/h6,9,12,16H,3-5,7-8,10-11H2,1-2H3,(H,17,19);2*1H. The molecule has 1 aliphatic heterocycles. The monoisotopic (exact) mass is 367 g/mol. The number of thiophene rings is 1. The molecule has 0 aromatic carbocycles. The zero-order chi connectivity index (χ0) is 14.4. The Bertz CT molecular complexity index is 442. The van der Waals surface area contributed by atoms with Crippen molar-refractivity contribution in [2.75, 3.05) is 26.7 Å². The maximum atomic E-state index is 11.7. The fourth-order valence-electron chi connectivity index (χ4n) is 2.55. The Labute approximate surface area is 149 Å². The molecule has 1 aliphatic rings. The second-order valence-corrected chi connectivity index (χ2v) is 6.45. The van der Waals surface area contributed by atoms with Gasteiger partial charge in [-0.25, -0.2) is 0 Å². The van der Waals surface area contributed by atoms with Gasteiger partial charge >= 0.3 is 0 Å². The lowest BCUT2D eigenvalue weighted by Gasteiger charge is -2.32. The van der Waals surface area contributed by atoms with Gasteiger partial charge in [0.15, 0.2) is 0 Å². The highest BCUT2D eigenvalue weighted by molar-refractivity contribution is 7.10. The van der Waals surface area contributed by atoms with E-state index in [2.05, 4.69) is 33.9 Å². The summed E-state index contributed by atoms with van der Waals surface area (Å²) in [4.78, 5) is 15.7. The van der Waals surface area contributed by atoms with E-state index in [1.165, 1.54) is 10.4 Å². The van der Waals surface area contributed by atoms with Gasteiger partial charge in [0.1, 0.15) is 0 Å². The largest absolute Gasteiger partial charge is 0.355 e. The Morgan fingerprint density at radius 3 is 2.95 bits per heavy atom. The van der Waals surface area contributed by atoms with Crippen molar-refractivity contribution in [3.63, 3.8) is 0 Å². The molecule has 1 amide bonds. The van der Waals surface area contributed by atoms with Crippen molar-refractivity contribution in [1.82, 2.24) is 15.5 Å². The summed E-state index contributed by atoms with van der Waals surface area (Å²) in [6, 6.07) is 2.63. The van der Waals surface area contributed by atoms with Crippen molar-refractivity contribution in [3.8, 4) is 0 Å². The van der Waals surface area contributed by atoms with E-state index < -0.39 is 0 Å². The van der Waals surface area contributed by atoms with Crippen LogP contribution in [-0.4, -0.2) is 43.5 Å². The van der Waals surface area contributed by atoms with Crippen molar-refractivity contribution in [3.05, 3.63) is 21.9 Å². The highest BCUT2D eigenvalue weighted by Crippen LogP contribution is 2.24. The third-order valence-electron chi connectivity index (χ3n) is 3.89. The van der Waals surface area contributed by atoms with E-state index in [4.69, 9.17) is 0 Å². The smallest absolute Gasteiger partial charge is 0.220 e. The van der Waals surface area contributed by atoms with Crippen molar-refractivity contribution in [2.45, 2.75) is 38.8 Å². The van der Waals surface area contributed by atoms with Crippen molar-refractivity contribution in [1.29, 1.82) is 0 Å². The maximum absolute atomic E-state index is 11.7. The van der Waals surface area contributed by atoms with Crippen LogP contribution >= 0.6 is 36.2 Å². The molecule has 1 aromatic rings. The Hall–Kier alpha value is -0.330. The zero-order valence-corrected chi connectivity index (χ0v) is 15.7. The van der Waals surface area contributed by atoms with Gasteiger partial charge in [0.05, 0.1) is 0 Å². The molecule has 0 aliphatic carbocycles. The number of hydrogen-bond donors (Lipinski definition) is 2. The summed E-state index contributed by atoms with van der Waals surface area (Å²) < 4.78 is 0. The van der Waals surface area contributed by atoms with Crippen molar-refractivity contribution < 1.29 is 4.79 Å². The van der Waals surface area contributed by atoms with Gasteiger partial charge in [-0.3, -0.25) is 9.69 Å². The molecule has 0 saturated carbocycles. The quantitative estimate of drug-likeness (QED) is 0.727. The van der Waals surface area contributed by atoms with Crippen LogP contribution in [0.4, 0.5) is 0 Å². The molecule has 22 heavy (non-hydrogen) atoms. The van der Waals surface area contributed by atoms with Crippen LogP contribution in [-0.2, 0) is 17.8 Å². The van der Waals surface area contributed by atoms with E-state index in [0.29, 0.717) is 12.5 Å². The molecule has 0 bridgehead atoms. The zero-order valence-electron chi connectivity index (χ0n) is 13.3. The second-order valence-electron chi connectivity index (χ2n) is 5.45. The van der Waals surface area contributed by atoms with Gasteiger partial charge in [-0.15, -0.1) is 36.2 Å². The van der Waals surface area contributed by atoms with Crippen LogP contribution in [0.15, 0.2) is 11.4 Å². The fraction of sp³-hybridized carbons (Fsp3) is 0.667. The lowest BCUT2D eigenvalue weighted by molar-refractivity contribution is -0.121. The first kappa shape index (κ1) is 21.7. The van der Waals surface area contributed by atoms with Crippen LogP contribution in [0.5, 0.6) is 0 Å². The Kier molecular flexibility index (Phi) is 11.1. The molecule has 1 atom stereocenters. The van der Waals surface area contributed by atoms with E-state index in [1.54, 1.807) is 0 Å². The first-order valence-electron chi connectivity index (χ1n) is 7.41. The normalized spacial score (nSPS) is 15.2. The molecule has 2 rings (SSSR count). The van der Waals surface area contributed by atoms with Crippen LogP contribution in [0.2, 0.25) is 0 Å². The predicted octanol–water partition coefficient (Wildman–Crippen LogP) is 2.45. The molecule has 128 valence electrons. The minimum absolute atomic E-state index is 0. The van der Waals surface area contributed by atoms with E-state index in [9.17, 15) is 4.79 Å². The first-order chi connectivity index (χ1) is 9.70. The van der Waals surface area contributed by atoms with E-state index in [0.717, 1.165) is 39.0 Å².